The summed E-state index contributed by atoms with van der Waals surface area (Å²) in [5.41, 5.74) is 1.60. The summed E-state index contributed by atoms with van der Waals surface area (Å²) >= 11 is 0. The molecule has 0 aromatic heterocycles. The molecular formula is C17H15NaO3S. The molecule has 108 valence electrons. The van der Waals surface area contributed by atoms with Crippen LogP contribution < -0.4 is 0 Å². The third-order valence-electron chi connectivity index (χ3n) is 3.46. The Kier molecular flexibility index (Phi) is 5.42. The van der Waals surface area contributed by atoms with Crippen molar-refractivity contribution in [3.05, 3.63) is 77.9 Å². The van der Waals surface area contributed by atoms with Gasteiger partial charge in [-0.05, 0) is 22.9 Å². The minimum absolute atomic E-state index is 0. The average Bonchev–Trinajstić information content (AvgIpc) is 2.47. The Hall–Kier alpha value is -1.17. The molecule has 0 saturated carbocycles. The Bertz CT molecular complexity index is 890. The second kappa shape index (κ2) is 6.94. The Labute approximate surface area is 152 Å². The van der Waals surface area contributed by atoms with E-state index in [4.69, 9.17) is 0 Å². The number of fused-ring (bicyclic) bond motifs is 1. The van der Waals surface area contributed by atoms with E-state index < -0.39 is 10.1 Å². The first-order valence-corrected chi connectivity index (χ1v) is 8.02. The van der Waals surface area contributed by atoms with E-state index >= 15 is 0 Å². The van der Waals surface area contributed by atoms with Crippen molar-refractivity contribution in [2.45, 2.75) is 11.3 Å². The molecule has 22 heavy (non-hydrogen) atoms. The second-order valence-corrected chi connectivity index (χ2v) is 6.27. The SMILES string of the molecule is O=S(=O)(O)c1c(Cc2ccccc2)ccc2ccccc12.[NaH]. The predicted molar refractivity (Wildman–Crippen MR) is 90.2 cm³/mol. The first-order chi connectivity index (χ1) is 10.1. The fourth-order valence-corrected chi connectivity index (χ4v) is 3.48. The van der Waals surface area contributed by atoms with Crippen molar-refractivity contribution in [1.82, 2.24) is 0 Å². The zero-order valence-corrected chi connectivity index (χ0v) is 12.0. The Balaban J connectivity index is 0.00000176. The van der Waals surface area contributed by atoms with E-state index in [1.807, 2.05) is 48.5 Å². The third kappa shape index (κ3) is 3.59. The van der Waals surface area contributed by atoms with Crippen LogP contribution in [0.3, 0.4) is 0 Å². The molecule has 0 spiro atoms. The molecule has 0 amide bonds. The van der Waals surface area contributed by atoms with Gasteiger partial charge in [-0.3, -0.25) is 4.55 Å². The zero-order valence-electron chi connectivity index (χ0n) is 11.2. The first-order valence-electron chi connectivity index (χ1n) is 6.58. The van der Waals surface area contributed by atoms with Crippen molar-refractivity contribution in [1.29, 1.82) is 0 Å². The number of hydrogen-bond donors (Lipinski definition) is 1. The molecule has 0 saturated heterocycles. The summed E-state index contributed by atoms with van der Waals surface area (Å²) in [5, 5.41) is 1.34. The molecule has 0 aliphatic carbocycles. The summed E-state index contributed by atoms with van der Waals surface area (Å²) in [6.07, 6.45) is 0.459. The fourth-order valence-electron chi connectivity index (χ4n) is 2.55. The van der Waals surface area contributed by atoms with Gasteiger partial charge in [0, 0.05) is 5.39 Å². The molecule has 0 unspecified atom stereocenters. The monoisotopic (exact) mass is 322 g/mol. The molecule has 5 heteroatoms. The van der Waals surface area contributed by atoms with Gasteiger partial charge in [-0.2, -0.15) is 8.42 Å². The van der Waals surface area contributed by atoms with Crippen LogP contribution in [0.1, 0.15) is 11.1 Å². The molecule has 3 rings (SSSR count). The first kappa shape index (κ1) is 17.2. The summed E-state index contributed by atoms with van der Waals surface area (Å²) in [5.74, 6) is 0. The van der Waals surface area contributed by atoms with E-state index in [0.717, 1.165) is 10.9 Å². The van der Waals surface area contributed by atoms with E-state index in [9.17, 15) is 13.0 Å². The molecule has 0 fully saturated rings. The topological polar surface area (TPSA) is 54.4 Å². The van der Waals surface area contributed by atoms with Gasteiger partial charge in [0.2, 0.25) is 0 Å². The van der Waals surface area contributed by atoms with E-state index in [2.05, 4.69) is 0 Å². The van der Waals surface area contributed by atoms with Crippen LogP contribution in [-0.4, -0.2) is 42.5 Å². The van der Waals surface area contributed by atoms with Gasteiger partial charge in [0.15, 0.2) is 0 Å². The summed E-state index contributed by atoms with van der Waals surface area (Å²) in [6.45, 7) is 0. The van der Waals surface area contributed by atoms with Crippen LogP contribution in [0, 0.1) is 0 Å². The van der Waals surface area contributed by atoms with E-state index in [1.54, 1.807) is 18.2 Å². The van der Waals surface area contributed by atoms with Crippen molar-refractivity contribution < 1.29 is 13.0 Å². The quantitative estimate of drug-likeness (QED) is 0.596. The van der Waals surface area contributed by atoms with Crippen LogP contribution in [0.25, 0.3) is 10.8 Å². The molecule has 0 bridgehead atoms. The van der Waals surface area contributed by atoms with Gasteiger partial charge >= 0.3 is 29.6 Å². The summed E-state index contributed by atoms with van der Waals surface area (Å²) in [4.78, 5) is 0.00412. The summed E-state index contributed by atoms with van der Waals surface area (Å²) in [7, 11) is -4.28. The van der Waals surface area contributed by atoms with Crippen LogP contribution in [0.2, 0.25) is 0 Å². The van der Waals surface area contributed by atoms with Gasteiger partial charge in [0.1, 0.15) is 4.90 Å². The van der Waals surface area contributed by atoms with Gasteiger partial charge in [-0.25, -0.2) is 0 Å². The standard InChI is InChI=1S/C17H14O3S.Na.H/c18-21(19,20)17-15(12-13-6-2-1-3-7-13)11-10-14-8-4-5-9-16(14)17;;/h1-11H,12H2,(H,18,19,20);;. The number of hydrogen-bond acceptors (Lipinski definition) is 2. The van der Waals surface area contributed by atoms with Crippen LogP contribution in [-0.2, 0) is 16.5 Å². The molecule has 1 N–H and O–H groups in total. The summed E-state index contributed by atoms with van der Waals surface area (Å²) < 4.78 is 33.2. The van der Waals surface area contributed by atoms with Crippen molar-refractivity contribution in [2.75, 3.05) is 0 Å². The predicted octanol–water partition coefficient (Wildman–Crippen LogP) is 3.03. The number of benzene rings is 3. The molecule has 0 aliphatic heterocycles. The molecular weight excluding hydrogens is 307 g/mol. The van der Waals surface area contributed by atoms with Crippen molar-refractivity contribution >= 4 is 50.4 Å². The molecule has 0 atom stereocenters. The van der Waals surface area contributed by atoms with Crippen molar-refractivity contribution in [2.24, 2.45) is 0 Å². The van der Waals surface area contributed by atoms with Gasteiger partial charge in [0.25, 0.3) is 10.1 Å². The number of rotatable bonds is 3. The second-order valence-electron chi connectivity index (χ2n) is 4.91. The van der Waals surface area contributed by atoms with E-state index in [-0.39, 0.29) is 34.5 Å². The molecule has 3 aromatic carbocycles. The molecule has 0 heterocycles. The van der Waals surface area contributed by atoms with Crippen molar-refractivity contribution in [3.8, 4) is 0 Å². The van der Waals surface area contributed by atoms with E-state index in [1.165, 1.54) is 0 Å². The van der Waals surface area contributed by atoms with Gasteiger partial charge in [0.05, 0.1) is 0 Å². The Morgan fingerprint density at radius 1 is 0.818 bits per heavy atom. The maximum absolute atomic E-state index is 11.8. The Morgan fingerprint density at radius 3 is 2.14 bits per heavy atom. The van der Waals surface area contributed by atoms with Gasteiger partial charge < -0.3 is 0 Å². The maximum atomic E-state index is 11.8. The van der Waals surface area contributed by atoms with Crippen LogP contribution in [0.15, 0.2) is 71.6 Å². The minimum atomic E-state index is -4.28. The van der Waals surface area contributed by atoms with Crippen LogP contribution in [0.4, 0.5) is 0 Å². The van der Waals surface area contributed by atoms with Crippen LogP contribution >= 0.6 is 0 Å². The van der Waals surface area contributed by atoms with Gasteiger partial charge in [-0.1, -0.05) is 66.7 Å². The zero-order chi connectivity index (χ0) is 14.9. The summed E-state index contributed by atoms with van der Waals surface area (Å²) in [6, 6.07) is 20.4. The van der Waals surface area contributed by atoms with Crippen molar-refractivity contribution in [3.63, 3.8) is 0 Å². The normalized spacial score (nSPS) is 11.1. The molecule has 0 radical (unpaired) electrons. The third-order valence-corrected chi connectivity index (χ3v) is 4.45. The van der Waals surface area contributed by atoms with E-state index in [0.29, 0.717) is 17.4 Å². The average molecular weight is 322 g/mol. The van der Waals surface area contributed by atoms with Gasteiger partial charge in [-0.15, -0.1) is 0 Å². The molecule has 3 aromatic rings. The Morgan fingerprint density at radius 2 is 1.45 bits per heavy atom. The molecule has 0 aliphatic rings. The van der Waals surface area contributed by atoms with Crippen LogP contribution in [0.5, 0.6) is 0 Å². The molecule has 3 nitrogen and oxygen atoms in total. The fraction of sp³-hybridized carbons (Fsp3) is 0.0588.